The molecule has 0 saturated carbocycles. The van der Waals surface area contributed by atoms with Gasteiger partial charge >= 0.3 is 0 Å². The highest BCUT2D eigenvalue weighted by molar-refractivity contribution is 6.31. The van der Waals surface area contributed by atoms with Crippen LogP contribution in [0, 0.1) is 0 Å². The Balaban J connectivity index is 1.93. The standard InChI is InChI=1S/C15H25Cl2N3O/c1-3-13-15(17)14(20(4-2)18-13)11-19-8-5-12(6-9-19)21-10-7-16/h12H,3-11H2,1-2H3. The zero-order chi connectivity index (χ0) is 15.2. The highest BCUT2D eigenvalue weighted by Crippen LogP contribution is 2.24. The van der Waals surface area contributed by atoms with Crippen molar-refractivity contribution in [3.05, 3.63) is 16.4 Å². The van der Waals surface area contributed by atoms with Gasteiger partial charge in [-0.3, -0.25) is 9.58 Å². The fourth-order valence-corrected chi connectivity index (χ4v) is 3.24. The highest BCUT2D eigenvalue weighted by Gasteiger charge is 2.22. The summed E-state index contributed by atoms with van der Waals surface area (Å²) < 4.78 is 7.76. The molecule has 0 unspecified atom stereocenters. The van der Waals surface area contributed by atoms with Gasteiger partial charge in [0.05, 0.1) is 29.1 Å². The van der Waals surface area contributed by atoms with Crippen LogP contribution in [0.4, 0.5) is 0 Å². The van der Waals surface area contributed by atoms with E-state index in [9.17, 15) is 0 Å². The Hall–Kier alpha value is -0.290. The third-order valence-electron chi connectivity index (χ3n) is 4.03. The van der Waals surface area contributed by atoms with E-state index in [1.165, 1.54) is 0 Å². The monoisotopic (exact) mass is 333 g/mol. The number of alkyl halides is 1. The van der Waals surface area contributed by atoms with Gasteiger partial charge in [0.25, 0.3) is 0 Å². The van der Waals surface area contributed by atoms with Crippen molar-refractivity contribution < 1.29 is 4.74 Å². The minimum absolute atomic E-state index is 0.359. The molecule has 6 heteroatoms. The largest absolute Gasteiger partial charge is 0.377 e. The molecule has 0 atom stereocenters. The van der Waals surface area contributed by atoms with E-state index < -0.39 is 0 Å². The van der Waals surface area contributed by atoms with E-state index in [0.717, 1.165) is 61.9 Å². The van der Waals surface area contributed by atoms with Crippen LogP contribution in [0.25, 0.3) is 0 Å². The molecule has 4 nitrogen and oxygen atoms in total. The van der Waals surface area contributed by atoms with E-state index in [-0.39, 0.29) is 0 Å². The minimum Gasteiger partial charge on any atom is -0.377 e. The van der Waals surface area contributed by atoms with Gasteiger partial charge in [0.15, 0.2) is 0 Å². The number of hydrogen-bond acceptors (Lipinski definition) is 3. The lowest BCUT2D eigenvalue weighted by Crippen LogP contribution is -2.37. The molecular weight excluding hydrogens is 309 g/mol. The molecule has 1 saturated heterocycles. The molecule has 0 aromatic carbocycles. The van der Waals surface area contributed by atoms with Crippen molar-refractivity contribution >= 4 is 23.2 Å². The number of ether oxygens (including phenoxy) is 1. The van der Waals surface area contributed by atoms with E-state index in [2.05, 4.69) is 23.8 Å². The first-order chi connectivity index (χ1) is 10.2. The second-order valence-electron chi connectivity index (χ2n) is 5.41. The molecule has 120 valence electrons. The molecule has 2 heterocycles. The molecule has 0 bridgehead atoms. The Labute approximate surface area is 137 Å². The third kappa shape index (κ3) is 4.35. The van der Waals surface area contributed by atoms with Gasteiger partial charge in [0.2, 0.25) is 0 Å². The lowest BCUT2D eigenvalue weighted by atomic mass is 10.1. The number of likely N-dealkylation sites (tertiary alicyclic amines) is 1. The maximum atomic E-state index is 6.48. The smallest absolute Gasteiger partial charge is 0.0863 e. The van der Waals surface area contributed by atoms with Crippen molar-refractivity contribution in [1.29, 1.82) is 0 Å². The van der Waals surface area contributed by atoms with Gasteiger partial charge in [-0.25, -0.2) is 0 Å². The summed E-state index contributed by atoms with van der Waals surface area (Å²) in [6.07, 6.45) is 3.37. The van der Waals surface area contributed by atoms with Crippen LogP contribution in [-0.4, -0.2) is 46.4 Å². The molecular formula is C15H25Cl2N3O. The van der Waals surface area contributed by atoms with Crippen LogP contribution >= 0.6 is 23.2 Å². The second-order valence-corrected chi connectivity index (χ2v) is 6.17. The van der Waals surface area contributed by atoms with Gasteiger partial charge in [-0.15, -0.1) is 11.6 Å². The fourth-order valence-electron chi connectivity index (χ4n) is 2.83. The molecule has 2 rings (SSSR count). The minimum atomic E-state index is 0.359. The number of aromatic nitrogens is 2. The van der Waals surface area contributed by atoms with Crippen molar-refractivity contribution in [3.63, 3.8) is 0 Å². The molecule has 0 aliphatic carbocycles. The van der Waals surface area contributed by atoms with Crippen molar-refractivity contribution in [2.45, 2.75) is 52.3 Å². The average Bonchev–Trinajstić information content (AvgIpc) is 2.82. The van der Waals surface area contributed by atoms with Gasteiger partial charge in [0.1, 0.15) is 0 Å². The molecule has 1 aromatic rings. The Morgan fingerprint density at radius 1 is 1.29 bits per heavy atom. The summed E-state index contributed by atoms with van der Waals surface area (Å²) in [5.74, 6) is 0.575. The van der Waals surface area contributed by atoms with E-state index in [1.54, 1.807) is 0 Å². The Morgan fingerprint density at radius 2 is 2.00 bits per heavy atom. The predicted molar refractivity (Wildman–Crippen MR) is 87.3 cm³/mol. The maximum absolute atomic E-state index is 6.48. The Kier molecular flexibility index (Phi) is 6.80. The van der Waals surface area contributed by atoms with Crippen LogP contribution in [0.2, 0.25) is 5.02 Å². The zero-order valence-corrected chi connectivity index (χ0v) is 14.5. The molecule has 21 heavy (non-hydrogen) atoms. The Bertz CT molecular complexity index is 442. The van der Waals surface area contributed by atoms with Crippen LogP contribution in [0.15, 0.2) is 0 Å². The summed E-state index contributed by atoms with van der Waals surface area (Å²) >= 11 is 12.1. The number of rotatable bonds is 7. The number of aryl methyl sites for hydroxylation is 2. The lowest BCUT2D eigenvalue weighted by Gasteiger charge is -2.31. The third-order valence-corrected chi connectivity index (χ3v) is 4.62. The SMILES string of the molecule is CCc1nn(CC)c(CN2CCC(OCCCl)CC2)c1Cl. The van der Waals surface area contributed by atoms with Crippen molar-refractivity contribution in [1.82, 2.24) is 14.7 Å². The molecule has 0 amide bonds. The van der Waals surface area contributed by atoms with Gasteiger partial charge in [-0.1, -0.05) is 18.5 Å². The van der Waals surface area contributed by atoms with Crippen molar-refractivity contribution in [2.75, 3.05) is 25.6 Å². The van der Waals surface area contributed by atoms with Crippen molar-refractivity contribution in [2.24, 2.45) is 0 Å². The topological polar surface area (TPSA) is 30.3 Å². The summed E-state index contributed by atoms with van der Waals surface area (Å²) in [4.78, 5) is 2.44. The fraction of sp³-hybridized carbons (Fsp3) is 0.800. The summed E-state index contributed by atoms with van der Waals surface area (Å²) in [7, 11) is 0. The highest BCUT2D eigenvalue weighted by atomic mass is 35.5. The Morgan fingerprint density at radius 3 is 2.57 bits per heavy atom. The molecule has 1 aromatic heterocycles. The molecule has 0 radical (unpaired) electrons. The molecule has 0 N–H and O–H groups in total. The molecule has 1 aliphatic heterocycles. The number of piperidine rings is 1. The predicted octanol–water partition coefficient (Wildman–Crippen LogP) is 3.34. The zero-order valence-electron chi connectivity index (χ0n) is 12.9. The lowest BCUT2D eigenvalue weighted by molar-refractivity contribution is 0.0129. The maximum Gasteiger partial charge on any atom is 0.0863 e. The van der Waals surface area contributed by atoms with Gasteiger partial charge in [0, 0.05) is 32.1 Å². The van der Waals surface area contributed by atoms with E-state index in [1.807, 2.05) is 4.68 Å². The van der Waals surface area contributed by atoms with Crippen molar-refractivity contribution in [3.8, 4) is 0 Å². The molecule has 1 aliphatic rings. The number of halogens is 2. The van der Waals surface area contributed by atoms with Crippen LogP contribution in [0.5, 0.6) is 0 Å². The quantitative estimate of drug-likeness (QED) is 0.717. The first-order valence-corrected chi connectivity index (χ1v) is 8.74. The summed E-state index contributed by atoms with van der Waals surface area (Å²) in [6.45, 7) is 8.68. The van der Waals surface area contributed by atoms with Crippen LogP contribution in [-0.2, 0) is 24.2 Å². The van der Waals surface area contributed by atoms with Crippen LogP contribution in [0.1, 0.15) is 38.1 Å². The number of hydrogen-bond donors (Lipinski definition) is 0. The normalized spacial score (nSPS) is 17.5. The molecule has 0 spiro atoms. The van der Waals surface area contributed by atoms with Crippen LogP contribution in [0.3, 0.4) is 0 Å². The van der Waals surface area contributed by atoms with E-state index in [0.29, 0.717) is 18.6 Å². The van der Waals surface area contributed by atoms with E-state index >= 15 is 0 Å². The van der Waals surface area contributed by atoms with E-state index in [4.69, 9.17) is 27.9 Å². The summed E-state index contributed by atoms with van der Waals surface area (Å²) in [6, 6.07) is 0. The number of nitrogens with zero attached hydrogens (tertiary/aromatic N) is 3. The van der Waals surface area contributed by atoms with Gasteiger partial charge in [-0.05, 0) is 26.2 Å². The first kappa shape index (κ1) is 17.1. The summed E-state index contributed by atoms with van der Waals surface area (Å²) in [5.41, 5.74) is 2.16. The first-order valence-electron chi connectivity index (χ1n) is 7.83. The van der Waals surface area contributed by atoms with Gasteiger partial charge < -0.3 is 4.74 Å². The second kappa shape index (κ2) is 8.37. The average molecular weight is 334 g/mol. The summed E-state index contributed by atoms with van der Waals surface area (Å²) in [5, 5.41) is 5.43. The van der Waals surface area contributed by atoms with Gasteiger partial charge in [-0.2, -0.15) is 5.10 Å². The molecule has 1 fully saturated rings. The van der Waals surface area contributed by atoms with Crippen LogP contribution < -0.4 is 0 Å².